The second-order valence-electron chi connectivity index (χ2n) is 7.87. The van der Waals surface area contributed by atoms with Gasteiger partial charge < -0.3 is 15.0 Å². The van der Waals surface area contributed by atoms with Crippen molar-refractivity contribution in [1.82, 2.24) is 10.2 Å². The third-order valence-electron chi connectivity index (χ3n) is 4.96. The predicted octanol–water partition coefficient (Wildman–Crippen LogP) is 3.28. The number of likely N-dealkylation sites (tertiary alicyclic amines) is 1. The highest BCUT2D eigenvalue weighted by atomic mass is 127. The minimum Gasteiger partial charge on any atom is -0.497 e. The number of hydrogen-bond acceptors (Lipinski definition) is 4. The zero-order valence-corrected chi connectivity index (χ0v) is 20.7. The highest BCUT2D eigenvalue weighted by Gasteiger charge is 2.29. The minimum atomic E-state index is -3.16. The Morgan fingerprint density at radius 1 is 1.29 bits per heavy atom. The fourth-order valence-corrected chi connectivity index (χ4v) is 4.05. The molecule has 0 amide bonds. The van der Waals surface area contributed by atoms with Crippen LogP contribution in [0.2, 0.25) is 0 Å². The molecule has 0 spiro atoms. The van der Waals surface area contributed by atoms with Gasteiger partial charge in [0.05, 0.1) is 24.2 Å². The quantitative estimate of drug-likeness (QED) is 0.352. The Balaban J connectivity index is 0.00000392. The molecule has 1 unspecified atom stereocenters. The first-order chi connectivity index (χ1) is 12.7. The molecule has 2 rings (SSSR count). The summed E-state index contributed by atoms with van der Waals surface area (Å²) in [4.78, 5) is 6.81. The molecule has 1 atom stereocenters. The number of benzene rings is 1. The Labute approximate surface area is 187 Å². The monoisotopic (exact) mass is 523 g/mol. The van der Waals surface area contributed by atoms with Crippen molar-refractivity contribution >= 4 is 39.8 Å². The summed E-state index contributed by atoms with van der Waals surface area (Å²) in [5.74, 6) is 2.18. The molecular formula is C20H34IN3O3S. The Morgan fingerprint density at radius 3 is 2.46 bits per heavy atom. The Morgan fingerprint density at radius 2 is 1.93 bits per heavy atom. The molecule has 1 N–H and O–H groups in total. The number of nitrogens with one attached hydrogen (secondary N) is 1. The van der Waals surface area contributed by atoms with Crippen molar-refractivity contribution in [3.8, 4) is 5.75 Å². The van der Waals surface area contributed by atoms with E-state index in [0.717, 1.165) is 37.8 Å². The van der Waals surface area contributed by atoms with E-state index in [9.17, 15) is 8.42 Å². The lowest BCUT2D eigenvalue weighted by atomic mass is 9.98. The summed E-state index contributed by atoms with van der Waals surface area (Å²) in [7, 11) is -1.49. The van der Waals surface area contributed by atoms with E-state index in [2.05, 4.69) is 27.3 Å². The number of halogens is 1. The van der Waals surface area contributed by atoms with Crippen molar-refractivity contribution in [2.45, 2.75) is 44.8 Å². The van der Waals surface area contributed by atoms with Crippen LogP contribution in [0.5, 0.6) is 5.75 Å². The molecule has 0 saturated carbocycles. The van der Waals surface area contributed by atoms with Gasteiger partial charge in [-0.25, -0.2) is 8.42 Å². The Bertz CT molecular complexity index is 743. The molecule has 160 valence electrons. The standard InChI is InChI=1S/C20H33N3O3S.HI/c1-6-21-19(22-12-14-27(24,25)20(2,3)4)23-13-11-17(15-23)16-7-9-18(26-5)10-8-16;/h7-10,17H,6,11-15H2,1-5H3,(H,21,22);1H. The second kappa shape index (κ2) is 10.7. The fourth-order valence-electron chi connectivity index (χ4n) is 3.10. The van der Waals surface area contributed by atoms with E-state index in [4.69, 9.17) is 4.74 Å². The van der Waals surface area contributed by atoms with E-state index in [1.807, 2.05) is 19.1 Å². The van der Waals surface area contributed by atoms with Crippen LogP contribution in [0.15, 0.2) is 29.3 Å². The molecule has 0 aromatic heterocycles. The lowest BCUT2D eigenvalue weighted by Crippen LogP contribution is -2.40. The van der Waals surface area contributed by atoms with Crippen LogP contribution >= 0.6 is 24.0 Å². The number of hydrogen-bond donors (Lipinski definition) is 1. The predicted molar refractivity (Wildman–Crippen MR) is 127 cm³/mol. The lowest BCUT2D eigenvalue weighted by Gasteiger charge is -2.22. The van der Waals surface area contributed by atoms with Crippen LogP contribution in [-0.4, -0.2) is 63.1 Å². The molecule has 0 radical (unpaired) electrons. The van der Waals surface area contributed by atoms with Gasteiger partial charge in [0.1, 0.15) is 5.75 Å². The van der Waals surface area contributed by atoms with E-state index >= 15 is 0 Å². The molecule has 1 fully saturated rings. The molecule has 1 aliphatic heterocycles. The van der Waals surface area contributed by atoms with Gasteiger partial charge in [0.15, 0.2) is 15.8 Å². The summed E-state index contributed by atoms with van der Waals surface area (Å²) in [5.41, 5.74) is 1.30. The van der Waals surface area contributed by atoms with Crippen molar-refractivity contribution in [3.63, 3.8) is 0 Å². The van der Waals surface area contributed by atoms with Crippen LogP contribution in [0.25, 0.3) is 0 Å². The first kappa shape index (κ1) is 25.0. The van der Waals surface area contributed by atoms with Crippen molar-refractivity contribution in [3.05, 3.63) is 29.8 Å². The maximum Gasteiger partial charge on any atom is 0.193 e. The molecule has 1 aromatic carbocycles. The summed E-state index contributed by atoms with van der Waals surface area (Å²) in [6, 6.07) is 8.23. The summed E-state index contributed by atoms with van der Waals surface area (Å²) in [5, 5.41) is 3.30. The molecule has 28 heavy (non-hydrogen) atoms. The summed E-state index contributed by atoms with van der Waals surface area (Å²) < 4.78 is 29.1. The molecule has 1 aliphatic rings. The number of aliphatic imine (C=N–C) groups is 1. The molecule has 8 heteroatoms. The molecular weight excluding hydrogens is 489 g/mol. The lowest BCUT2D eigenvalue weighted by molar-refractivity contribution is 0.414. The van der Waals surface area contributed by atoms with E-state index in [0.29, 0.717) is 5.92 Å². The Hall–Kier alpha value is -1.03. The van der Waals surface area contributed by atoms with Gasteiger partial charge >= 0.3 is 0 Å². The van der Waals surface area contributed by atoms with E-state index in [1.165, 1.54) is 5.56 Å². The second-order valence-corrected chi connectivity index (χ2v) is 10.7. The number of guanidine groups is 1. The van der Waals surface area contributed by atoms with Crippen LogP contribution in [0, 0.1) is 0 Å². The summed E-state index contributed by atoms with van der Waals surface area (Å²) in [6.07, 6.45) is 1.05. The molecule has 0 bridgehead atoms. The van der Waals surface area contributed by atoms with Gasteiger partial charge in [-0.05, 0) is 51.8 Å². The fraction of sp³-hybridized carbons (Fsp3) is 0.650. The maximum absolute atomic E-state index is 12.3. The Kier molecular flexibility index (Phi) is 9.52. The first-order valence-corrected chi connectivity index (χ1v) is 11.2. The zero-order chi connectivity index (χ0) is 20.1. The van der Waals surface area contributed by atoms with Crippen LogP contribution in [-0.2, 0) is 9.84 Å². The third kappa shape index (κ3) is 6.50. The highest BCUT2D eigenvalue weighted by Crippen LogP contribution is 2.28. The first-order valence-electron chi connectivity index (χ1n) is 9.57. The number of rotatable bonds is 6. The largest absolute Gasteiger partial charge is 0.497 e. The minimum absolute atomic E-state index is 0. The maximum atomic E-state index is 12.3. The van der Waals surface area contributed by atoms with Gasteiger partial charge in [0, 0.05) is 25.6 Å². The van der Waals surface area contributed by atoms with Crippen molar-refractivity contribution < 1.29 is 13.2 Å². The summed E-state index contributed by atoms with van der Waals surface area (Å²) >= 11 is 0. The number of methoxy groups -OCH3 is 1. The van der Waals surface area contributed by atoms with Crippen molar-refractivity contribution in [1.29, 1.82) is 0 Å². The van der Waals surface area contributed by atoms with Crippen LogP contribution in [0.1, 0.15) is 45.6 Å². The number of nitrogens with zero attached hydrogens (tertiary/aromatic N) is 2. The van der Waals surface area contributed by atoms with Gasteiger partial charge in [0.25, 0.3) is 0 Å². The van der Waals surface area contributed by atoms with Crippen molar-refractivity contribution in [2.24, 2.45) is 4.99 Å². The topological polar surface area (TPSA) is 71.0 Å². The van der Waals surface area contributed by atoms with E-state index in [1.54, 1.807) is 27.9 Å². The normalized spacial score (nSPS) is 18.0. The SMILES string of the molecule is CCNC(=NCCS(=O)(=O)C(C)(C)C)N1CCC(c2ccc(OC)cc2)C1.I. The number of ether oxygens (including phenoxy) is 1. The van der Waals surface area contributed by atoms with Crippen LogP contribution < -0.4 is 10.1 Å². The van der Waals surface area contributed by atoms with Gasteiger partial charge in [0.2, 0.25) is 0 Å². The molecule has 0 aliphatic carbocycles. The average molecular weight is 523 g/mol. The highest BCUT2D eigenvalue weighted by molar-refractivity contribution is 14.0. The van der Waals surface area contributed by atoms with Crippen molar-refractivity contribution in [2.75, 3.05) is 39.0 Å². The van der Waals surface area contributed by atoms with E-state index in [-0.39, 0.29) is 36.3 Å². The molecule has 6 nitrogen and oxygen atoms in total. The molecule has 1 heterocycles. The van der Waals surface area contributed by atoms with Gasteiger partial charge in [-0.1, -0.05) is 12.1 Å². The number of sulfone groups is 1. The smallest absolute Gasteiger partial charge is 0.193 e. The van der Waals surface area contributed by atoms with Gasteiger partial charge in [-0.15, -0.1) is 24.0 Å². The van der Waals surface area contributed by atoms with E-state index < -0.39 is 14.6 Å². The molecule has 1 aromatic rings. The van der Waals surface area contributed by atoms with Gasteiger partial charge in [-0.3, -0.25) is 4.99 Å². The third-order valence-corrected chi connectivity index (χ3v) is 7.55. The average Bonchev–Trinajstić information content (AvgIpc) is 3.10. The van der Waals surface area contributed by atoms with Gasteiger partial charge in [-0.2, -0.15) is 0 Å². The van der Waals surface area contributed by atoms with Crippen LogP contribution in [0.4, 0.5) is 0 Å². The zero-order valence-electron chi connectivity index (χ0n) is 17.6. The van der Waals surface area contributed by atoms with Crippen LogP contribution in [0.3, 0.4) is 0 Å². The molecule has 1 saturated heterocycles. The summed E-state index contributed by atoms with van der Waals surface area (Å²) in [6.45, 7) is 10.1.